The Labute approximate surface area is 141 Å². The van der Waals surface area contributed by atoms with Crippen molar-refractivity contribution in [3.8, 4) is 0 Å². The first-order valence-electron chi connectivity index (χ1n) is 5.49. The molecule has 1 unspecified atom stereocenters. The van der Waals surface area contributed by atoms with Gasteiger partial charge in [0.05, 0.1) is 0 Å². The number of amides is 1. The van der Waals surface area contributed by atoms with Crippen molar-refractivity contribution in [2.24, 2.45) is 5.92 Å². The zero-order valence-electron chi connectivity index (χ0n) is 10.6. The topological polar surface area (TPSA) is 70.0 Å². The van der Waals surface area contributed by atoms with Crippen LogP contribution in [0.25, 0.3) is 5.73 Å². The molecule has 0 heterocycles. The second-order valence-electron chi connectivity index (χ2n) is 4.19. The predicted octanol–water partition coefficient (Wildman–Crippen LogP) is -1.06. The summed E-state index contributed by atoms with van der Waals surface area (Å²) in [6.45, 7) is 4.67. The van der Waals surface area contributed by atoms with Crippen LogP contribution in [0.3, 0.4) is 0 Å². The van der Waals surface area contributed by atoms with E-state index in [9.17, 15) is 9.59 Å². The molecular formula is C11H21KN2O2. The molecule has 0 fully saturated rings. The number of aldehydes is 1. The molecular weight excluding hydrogens is 231 g/mol. The van der Waals surface area contributed by atoms with Gasteiger partial charge in [0.15, 0.2) is 0 Å². The van der Waals surface area contributed by atoms with Gasteiger partial charge in [-0.1, -0.05) is 32.7 Å². The molecule has 1 amide bonds. The maximum absolute atomic E-state index is 11.2. The van der Waals surface area contributed by atoms with Crippen molar-refractivity contribution in [2.75, 3.05) is 6.54 Å². The zero-order valence-corrected chi connectivity index (χ0v) is 13.7. The summed E-state index contributed by atoms with van der Waals surface area (Å²) in [6, 6.07) is -0.601. The van der Waals surface area contributed by atoms with Crippen molar-refractivity contribution in [2.45, 2.75) is 45.6 Å². The van der Waals surface area contributed by atoms with Crippen molar-refractivity contribution in [3.63, 3.8) is 0 Å². The van der Waals surface area contributed by atoms with E-state index in [2.05, 4.69) is 5.32 Å². The fourth-order valence-electron chi connectivity index (χ4n) is 1.23. The minimum Gasteiger partial charge on any atom is -0.669 e. The van der Waals surface area contributed by atoms with Crippen LogP contribution in [0.5, 0.6) is 0 Å². The summed E-state index contributed by atoms with van der Waals surface area (Å²) in [4.78, 5) is 21.3. The molecule has 0 aliphatic carbocycles. The van der Waals surface area contributed by atoms with Crippen LogP contribution >= 0.6 is 0 Å². The van der Waals surface area contributed by atoms with Gasteiger partial charge in [0.2, 0.25) is 5.91 Å². The van der Waals surface area contributed by atoms with E-state index in [0.29, 0.717) is 31.6 Å². The molecule has 0 radical (unpaired) electrons. The van der Waals surface area contributed by atoms with E-state index in [1.165, 1.54) is 0 Å². The predicted molar refractivity (Wildman–Crippen MR) is 60.5 cm³/mol. The average Bonchev–Trinajstić information content (AvgIpc) is 2.15. The first-order valence-corrected chi connectivity index (χ1v) is 5.49. The molecule has 0 aromatic heterocycles. The number of hydrogen-bond acceptors (Lipinski definition) is 2. The number of nitrogens with one attached hydrogen (secondary N) is 2. The molecule has 0 aliphatic rings. The van der Waals surface area contributed by atoms with E-state index < -0.39 is 6.04 Å². The minimum atomic E-state index is -0.601. The Morgan fingerprint density at radius 2 is 2.00 bits per heavy atom. The Hall–Kier alpha value is 0.736. The summed E-state index contributed by atoms with van der Waals surface area (Å²) in [5.74, 6) is 0.473. The van der Waals surface area contributed by atoms with Crippen molar-refractivity contribution in [1.82, 2.24) is 5.32 Å². The van der Waals surface area contributed by atoms with Gasteiger partial charge in [0.25, 0.3) is 0 Å². The number of rotatable bonds is 8. The van der Waals surface area contributed by atoms with Crippen LogP contribution in [0.2, 0.25) is 0 Å². The van der Waals surface area contributed by atoms with Gasteiger partial charge in [0, 0.05) is 13.0 Å². The molecule has 0 spiro atoms. The maximum atomic E-state index is 11.2. The van der Waals surface area contributed by atoms with Crippen molar-refractivity contribution < 1.29 is 61.0 Å². The first kappa shape index (κ1) is 19.1. The summed E-state index contributed by atoms with van der Waals surface area (Å²) in [5.41, 5.74) is 7.18. The van der Waals surface area contributed by atoms with E-state index >= 15 is 0 Å². The third-order valence-corrected chi connectivity index (χ3v) is 2.02. The van der Waals surface area contributed by atoms with Gasteiger partial charge in [-0.15, -0.1) is 0 Å². The number of carbonyl (C=O) groups excluding carboxylic acids is 2. The van der Waals surface area contributed by atoms with E-state index in [-0.39, 0.29) is 57.3 Å². The van der Waals surface area contributed by atoms with E-state index in [1.54, 1.807) is 0 Å². The van der Waals surface area contributed by atoms with E-state index in [0.717, 1.165) is 12.8 Å². The third kappa shape index (κ3) is 12.8. The van der Waals surface area contributed by atoms with Gasteiger partial charge >= 0.3 is 51.4 Å². The molecule has 0 aromatic rings. The molecule has 0 aromatic carbocycles. The third-order valence-electron chi connectivity index (χ3n) is 2.02. The van der Waals surface area contributed by atoms with Gasteiger partial charge in [-0.3, -0.25) is 4.79 Å². The molecule has 16 heavy (non-hydrogen) atoms. The second kappa shape index (κ2) is 12.2. The van der Waals surface area contributed by atoms with Crippen LogP contribution in [-0.4, -0.2) is 24.8 Å². The smallest absolute Gasteiger partial charge is 0.669 e. The number of hydrogen-bond donors (Lipinski definition) is 1. The first-order chi connectivity index (χ1) is 7.06. The fourth-order valence-corrected chi connectivity index (χ4v) is 1.23. The van der Waals surface area contributed by atoms with Gasteiger partial charge < -0.3 is 15.8 Å². The molecule has 0 saturated carbocycles. The summed E-state index contributed by atoms with van der Waals surface area (Å²) >= 11 is 0. The summed E-state index contributed by atoms with van der Waals surface area (Å²) in [6.07, 6.45) is 3.46. The Balaban J connectivity index is 0. The van der Waals surface area contributed by atoms with Crippen LogP contribution in [0.4, 0.5) is 0 Å². The Bertz CT molecular complexity index is 198. The van der Waals surface area contributed by atoms with Crippen LogP contribution < -0.4 is 56.7 Å². The molecule has 2 N–H and O–H groups in total. The molecule has 0 bridgehead atoms. The van der Waals surface area contributed by atoms with Gasteiger partial charge in [0.1, 0.15) is 6.29 Å². The van der Waals surface area contributed by atoms with Gasteiger partial charge in [-0.05, 0) is 12.3 Å². The zero-order chi connectivity index (χ0) is 11.7. The second-order valence-corrected chi connectivity index (χ2v) is 4.19. The standard InChI is InChI=1S/C11H21N2O2.K/c1-9(2)7-11(15)13-6-4-3-5-10(12)8-14;/h8-10,12H,3-7H2,1-2H3,(H,13,15);/q-1;+1. The Morgan fingerprint density at radius 1 is 1.38 bits per heavy atom. The summed E-state index contributed by atoms with van der Waals surface area (Å²) in [7, 11) is 0. The molecule has 88 valence electrons. The molecule has 4 nitrogen and oxygen atoms in total. The van der Waals surface area contributed by atoms with Crippen LogP contribution in [0, 0.1) is 5.92 Å². The monoisotopic (exact) mass is 252 g/mol. The fraction of sp³-hybridized carbons (Fsp3) is 0.818. The van der Waals surface area contributed by atoms with Gasteiger partial charge in [-0.2, -0.15) is 0 Å². The minimum absolute atomic E-state index is 0. The van der Waals surface area contributed by atoms with E-state index in [1.807, 2.05) is 13.8 Å². The van der Waals surface area contributed by atoms with Crippen LogP contribution in [0.15, 0.2) is 0 Å². The molecule has 0 aliphatic heterocycles. The number of carbonyl (C=O) groups is 2. The maximum Gasteiger partial charge on any atom is 1.00 e. The number of unbranched alkanes of at least 4 members (excludes halogenated alkanes) is 1. The van der Waals surface area contributed by atoms with Crippen molar-refractivity contribution in [3.05, 3.63) is 5.73 Å². The van der Waals surface area contributed by atoms with Gasteiger partial charge in [-0.25, -0.2) is 0 Å². The van der Waals surface area contributed by atoms with Crippen molar-refractivity contribution >= 4 is 12.2 Å². The van der Waals surface area contributed by atoms with Crippen LogP contribution in [-0.2, 0) is 9.59 Å². The van der Waals surface area contributed by atoms with Crippen molar-refractivity contribution in [1.29, 1.82) is 0 Å². The molecule has 5 heteroatoms. The SMILES string of the molecule is CC(C)CC(=O)NCCCCC([NH-])C=O.[K+]. The van der Waals surface area contributed by atoms with Crippen LogP contribution in [0.1, 0.15) is 39.5 Å². The largest absolute Gasteiger partial charge is 1.00 e. The summed E-state index contributed by atoms with van der Waals surface area (Å²) < 4.78 is 0. The quantitative estimate of drug-likeness (QED) is 0.340. The molecule has 0 rings (SSSR count). The Kier molecular flexibility index (Phi) is 14.6. The normalized spacial score (nSPS) is 11.8. The molecule has 1 atom stereocenters. The Morgan fingerprint density at radius 3 is 2.50 bits per heavy atom. The summed E-state index contributed by atoms with van der Waals surface area (Å²) in [5, 5.41) is 2.82. The average molecular weight is 252 g/mol. The van der Waals surface area contributed by atoms with E-state index in [4.69, 9.17) is 5.73 Å². The molecule has 0 saturated heterocycles.